The molecule has 0 aliphatic rings. The Bertz CT molecular complexity index is 977. The summed E-state index contributed by atoms with van der Waals surface area (Å²) in [5, 5.41) is 11.8. The molecule has 0 saturated heterocycles. The molecular weight excluding hydrogens is 300 g/mol. The largest absolute Gasteiger partial charge is 0.338 e. The monoisotopic (exact) mass is 316 g/mol. The lowest BCUT2D eigenvalue weighted by atomic mass is 10.2. The number of hydrogen-bond donors (Lipinski definition) is 1. The molecule has 4 aromatic rings. The van der Waals surface area contributed by atoms with Crippen LogP contribution in [0.4, 0.5) is 11.5 Å². The minimum absolute atomic E-state index is 0.623. The Morgan fingerprint density at radius 1 is 1.00 bits per heavy atom. The van der Waals surface area contributed by atoms with Gasteiger partial charge in [0.2, 0.25) is 0 Å². The topological polar surface area (TPSA) is 68.5 Å². The maximum Gasteiger partial charge on any atom is 0.184 e. The molecule has 0 radical (unpaired) electrons. The normalized spacial score (nSPS) is 10.9. The fraction of sp³-hybridized carbons (Fsp3) is 0.111. The molecule has 0 aliphatic heterocycles. The lowest BCUT2D eigenvalue weighted by molar-refractivity contribution is 0.664. The summed E-state index contributed by atoms with van der Waals surface area (Å²) in [4.78, 5) is 8.66. The maximum atomic E-state index is 4.34. The second-order valence-electron chi connectivity index (χ2n) is 5.62. The summed E-state index contributed by atoms with van der Waals surface area (Å²) in [5.41, 5.74) is 4.67. The molecule has 0 atom stereocenters. The number of fused-ring (bicyclic) bond motifs is 1. The van der Waals surface area contributed by atoms with Crippen LogP contribution in [0.15, 0.2) is 60.9 Å². The zero-order valence-corrected chi connectivity index (χ0v) is 13.2. The number of aromatic nitrogens is 5. The molecule has 2 aromatic carbocycles. The molecule has 6 nitrogen and oxygen atoms in total. The Kier molecular flexibility index (Phi) is 3.63. The average Bonchev–Trinajstić information content (AvgIpc) is 3.00. The van der Waals surface area contributed by atoms with Gasteiger partial charge < -0.3 is 5.32 Å². The van der Waals surface area contributed by atoms with Gasteiger partial charge in [0.1, 0.15) is 6.33 Å². The molecule has 24 heavy (non-hydrogen) atoms. The van der Waals surface area contributed by atoms with E-state index in [2.05, 4.69) is 56.8 Å². The van der Waals surface area contributed by atoms with Crippen molar-refractivity contribution in [1.29, 1.82) is 0 Å². The van der Waals surface area contributed by atoms with Crippen molar-refractivity contribution in [3.8, 4) is 0 Å². The van der Waals surface area contributed by atoms with Crippen molar-refractivity contribution in [2.45, 2.75) is 13.5 Å². The Hall–Kier alpha value is -3.28. The van der Waals surface area contributed by atoms with Gasteiger partial charge in [-0.3, -0.25) is 0 Å². The highest BCUT2D eigenvalue weighted by molar-refractivity contribution is 5.84. The van der Waals surface area contributed by atoms with Crippen molar-refractivity contribution in [2.75, 3.05) is 5.32 Å². The van der Waals surface area contributed by atoms with Gasteiger partial charge in [-0.15, -0.1) is 5.10 Å². The molecule has 0 amide bonds. The van der Waals surface area contributed by atoms with Crippen LogP contribution in [0.2, 0.25) is 0 Å². The molecule has 118 valence electrons. The Morgan fingerprint density at radius 2 is 1.88 bits per heavy atom. The molecule has 0 spiro atoms. The molecule has 2 heterocycles. The highest BCUT2D eigenvalue weighted by Crippen LogP contribution is 2.21. The zero-order chi connectivity index (χ0) is 16.4. The number of rotatable bonds is 4. The summed E-state index contributed by atoms with van der Waals surface area (Å²) in [6.07, 6.45) is 1.53. The van der Waals surface area contributed by atoms with E-state index in [1.165, 1.54) is 11.9 Å². The quantitative estimate of drug-likeness (QED) is 0.625. The van der Waals surface area contributed by atoms with E-state index in [-0.39, 0.29) is 0 Å². The number of hydrogen-bond acceptors (Lipinski definition) is 5. The Balaban J connectivity index is 1.68. The maximum absolute atomic E-state index is 4.34. The van der Waals surface area contributed by atoms with Gasteiger partial charge in [0.05, 0.1) is 6.54 Å². The minimum atomic E-state index is 0.623. The third-order valence-electron chi connectivity index (χ3n) is 3.76. The van der Waals surface area contributed by atoms with Gasteiger partial charge in [-0.25, -0.2) is 14.6 Å². The average molecular weight is 316 g/mol. The summed E-state index contributed by atoms with van der Waals surface area (Å²) in [6.45, 7) is 2.68. The Morgan fingerprint density at radius 3 is 2.71 bits per heavy atom. The molecule has 4 rings (SSSR count). The molecule has 6 heteroatoms. The van der Waals surface area contributed by atoms with E-state index in [4.69, 9.17) is 0 Å². The molecular formula is C18H16N6. The highest BCUT2D eigenvalue weighted by Gasteiger charge is 2.12. The van der Waals surface area contributed by atoms with Gasteiger partial charge in [-0.05, 0) is 30.2 Å². The van der Waals surface area contributed by atoms with Gasteiger partial charge in [0, 0.05) is 5.69 Å². The first-order valence-electron chi connectivity index (χ1n) is 7.71. The third kappa shape index (κ3) is 2.81. The van der Waals surface area contributed by atoms with Crippen LogP contribution < -0.4 is 5.32 Å². The van der Waals surface area contributed by atoms with Crippen LogP contribution in [0.25, 0.3) is 11.2 Å². The van der Waals surface area contributed by atoms with Crippen molar-refractivity contribution in [3.05, 3.63) is 72.1 Å². The van der Waals surface area contributed by atoms with Gasteiger partial charge in [0.25, 0.3) is 0 Å². The van der Waals surface area contributed by atoms with Gasteiger partial charge in [0.15, 0.2) is 17.0 Å². The van der Waals surface area contributed by atoms with E-state index >= 15 is 0 Å². The summed E-state index contributed by atoms with van der Waals surface area (Å²) >= 11 is 0. The number of nitrogens with one attached hydrogen (secondary N) is 1. The van der Waals surface area contributed by atoms with Crippen LogP contribution in [0.1, 0.15) is 11.1 Å². The lowest BCUT2D eigenvalue weighted by Crippen LogP contribution is -2.03. The lowest BCUT2D eigenvalue weighted by Gasteiger charge is -2.06. The number of nitrogens with zero attached hydrogens (tertiary/aromatic N) is 5. The first-order valence-corrected chi connectivity index (χ1v) is 7.71. The summed E-state index contributed by atoms with van der Waals surface area (Å²) in [5.74, 6) is 0.657. The predicted molar refractivity (Wildman–Crippen MR) is 93.1 cm³/mol. The van der Waals surface area contributed by atoms with Crippen LogP contribution >= 0.6 is 0 Å². The van der Waals surface area contributed by atoms with Crippen molar-refractivity contribution >= 4 is 22.7 Å². The van der Waals surface area contributed by atoms with E-state index in [1.54, 1.807) is 4.68 Å². The van der Waals surface area contributed by atoms with Crippen LogP contribution in [0.3, 0.4) is 0 Å². The van der Waals surface area contributed by atoms with E-state index in [0.29, 0.717) is 23.5 Å². The number of anilines is 2. The van der Waals surface area contributed by atoms with Crippen molar-refractivity contribution < 1.29 is 0 Å². The van der Waals surface area contributed by atoms with E-state index in [9.17, 15) is 0 Å². The highest BCUT2D eigenvalue weighted by atomic mass is 15.4. The smallest absolute Gasteiger partial charge is 0.184 e. The van der Waals surface area contributed by atoms with E-state index in [1.807, 2.05) is 30.3 Å². The minimum Gasteiger partial charge on any atom is -0.338 e. The Labute approximate surface area is 139 Å². The van der Waals surface area contributed by atoms with Crippen molar-refractivity contribution in [2.24, 2.45) is 0 Å². The molecule has 0 bridgehead atoms. The van der Waals surface area contributed by atoms with E-state index < -0.39 is 0 Å². The molecule has 0 saturated carbocycles. The van der Waals surface area contributed by atoms with Gasteiger partial charge in [-0.2, -0.15) is 0 Å². The second-order valence-corrected chi connectivity index (χ2v) is 5.62. The second kappa shape index (κ2) is 6.08. The standard InChI is InChI=1S/C18H16N6/c1-13-6-5-9-15(10-13)21-17-16-18(20-12-19-17)24(23-22-16)11-14-7-3-2-4-8-14/h2-10,12H,11H2,1H3,(H,19,20,21). The molecule has 0 fully saturated rings. The fourth-order valence-corrected chi connectivity index (χ4v) is 2.61. The van der Waals surface area contributed by atoms with Crippen molar-refractivity contribution in [3.63, 3.8) is 0 Å². The summed E-state index contributed by atoms with van der Waals surface area (Å²) < 4.78 is 1.79. The molecule has 2 aromatic heterocycles. The first kappa shape index (κ1) is 14.3. The predicted octanol–water partition coefficient (Wildman–Crippen LogP) is 3.32. The zero-order valence-electron chi connectivity index (χ0n) is 13.2. The van der Waals surface area contributed by atoms with Gasteiger partial charge in [-0.1, -0.05) is 47.7 Å². The van der Waals surface area contributed by atoms with E-state index in [0.717, 1.165) is 11.3 Å². The third-order valence-corrected chi connectivity index (χ3v) is 3.76. The number of aryl methyl sites for hydroxylation is 1. The van der Waals surface area contributed by atoms with Crippen molar-refractivity contribution in [1.82, 2.24) is 25.0 Å². The van der Waals surface area contributed by atoms with Gasteiger partial charge >= 0.3 is 0 Å². The van der Waals surface area contributed by atoms with Crippen LogP contribution in [0.5, 0.6) is 0 Å². The first-order chi connectivity index (χ1) is 11.8. The van der Waals surface area contributed by atoms with Crippen LogP contribution in [0, 0.1) is 6.92 Å². The molecule has 0 unspecified atom stereocenters. The number of benzene rings is 2. The van der Waals surface area contributed by atoms with Crippen LogP contribution in [-0.4, -0.2) is 25.0 Å². The SMILES string of the molecule is Cc1cccc(Nc2ncnc3c2nnn3Cc2ccccc2)c1. The molecule has 0 aliphatic carbocycles. The molecule has 1 N–H and O–H groups in total. The van der Waals surface area contributed by atoms with Crippen LogP contribution in [-0.2, 0) is 6.54 Å². The fourth-order valence-electron chi connectivity index (χ4n) is 2.61. The summed E-state index contributed by atoms with van der Waals surface area (Å²) in [7, 11) is 0. The summed E-state index contributed by atoms with van der Waals surface area (Å²) in [6, 6.07) is 18.2.